The maximum atomic E-state index is 11.8. The van der Waals surface area contributed by atoms with Gasteiger partial charge in [-0.1, -0.05) is 0 Å². The highest BCUT2D eigenvalue weighted by Crippen LogP contribution is 2.39. The van der Waals surface area contributed by atoms with Gasteiger partial charge in [0.2, 0.25) is 0 Å². The topological polar surface area (TPSA) is 70.1 Å². The summed E-state index contributed by atoms with van der Waals surface area (Å²) in [6.45, 7) is 2.33. The predicted molar refractivity (Wildman–Crippen MR) is 58.6 cm³/mol. The van der Waals surface area contributed by atoms with Crippen molar-refractivity contribution in [2.45, 2.75) is 31.8 Å². The standard InChI is InChI=1S/C11H17N3O2/c1-8-13-5-6-14(8)7-11(12,9-3-4-9)10(15)16-2/h5-6,9H,3-4,7,12H2,1-2H3. The lowest BCUT2D eigenvalue weighted by Crippen LogP contribution is -2.54. The fraction of sp³-hybridized carbons (Fsp3) is 0.636. The van der Waals surface area contributed by atoms with Gasteiger partial charge in [0, 0.05) is 12.4 Å². The highest BCUT2D eigenvalue weighted by molar-refractivity contribution is 5.81. The van der Waals surface area contributed by atoms with Gasteiger partial charge >= 0.3 is 5.97 Å². The van der Waals surface area contributed by atoms with E-state index in [0.717, 1.165) is 18.7 Å². The normalized spacial score (nSPS) is 19.2. The lowest BCUT2D eigenvalue weighted by molar-refractivity contribution is -0.148. The minimum Gasteiger partial charge on any atom is -0.468 e. The number of esters is 1. The molecule has 1 heterocycles. The van der Waals surface area contributed by atoms with Crippen LogP contribution in [0.5, 0.6) is 0 Å². The molecule has 0 aliphatic heterocycles. The largest absolute Gasteiger partial charge is 0.468 e. The fourth-order valence-corrected chi connectivity index (χ4v) is 2.00. The van der Waals surface area contributed by atoms with Crippen molar-refractivity contribution in [3.63, 3.8) is 0 Å². The number of hydrogen-bond donors (Lipinski definition) is 1. The second-order valence-corrected chi connectivity index (χ2v) is 4.41. The van der Waals surface area contributed by atoms with E-state index in [-0.39, 0.29) is 11.9 Å². The summed E-state index contributed by atoms with van der Waals surface area (Å²) in [6.07, 6.45) is 5.54. The number of carbonyl (C=O) groups excluding carboxylic acids is 1. The van der Waals surface area contributed by atoms with Crippen LogP contribution in [0.15, 0.2) is 12.4 Å². The zero-order chi connectivity index (χ0) is 11.8. The number of methoxy groups -OCH3 is 1. The van der Waals surface area contributed by atoms with E-state index >= 15 is 0 Å². The number of imidazole rings is 1. The van der Waals surface area contributed by atoms with Crippen LogP contribution in [0.1, 0.15) is 18.7 Å². The van der Waals surface area contributed by atoms with Crippen LogP contribution >= 0.6 is 0 Å². The molecule has 1 aliphatic rings. The van der Waals surface area contributed by atoms with Gasteiger partial charge in [0.25, 0.3) is 0 Å². The lowest BCUT2D eigenvalue weighted by atomic mass is 9.94. The lowest BCUT2D eigenvalue weighted by Gasteiger charge is -2.27. The quantitative estimate of drug-likeness (QED) is 0.753. The number of nitrogens with two attached hydrogens (primary N) is 1. The maximum Gasteiger partial charge on any atom is 0.327 e. The molecule has 1 unspecified atom stereocenters. The van der Waals surface area contributed by atoms with Crippen molar-refractivity contribution in [3.8, 4) is 0 Å². The second-order valence-electron chi connectivity index (χ2n) is 4.41. The van der Waals surface area contributed by atoms with Crippen molar-refractivity contribution in [3.05, 3.63) is 18.2 Å². The molecule has 0 aromatic carbocycles. The van der Waals surface area contributed by atoms with Crippen LogP contribution in [0.2, 0.25) is 0 Å². The fourth-order valence-electron chi connectivity index (χ4n) is 2.00. The summed E-state index contributed by atoms with van der Waals surface area (Å²) in [6, 6.07) is 0. The van der Waals surface area contributed by atoms with Crippen molar-refractivity contribution in [1.82, 2.24) is 9.55 Å². The number of rotatable bonds is 4. The average molecular weight is 223 g/mol. The number of hydrogen-bond acceptors (Lipinski definition) is 4. The smallest absolute Gasteiger partial charge is 0.327 e. The van der Waals surface area contributed by atoms with Crippen LogP contribution in [0, 0.1) is 12.8 Å². The Morgan fingerprint density at radius 3 is 2.88 bits per heavy atom. The SMILES string of the molecule is COC(=O)C(N)(Cn1ccnc1C)C1CC1. The molecule has 0 bridgehead atoms. The molecule has 16 heavy (non-hydrogen) atoms. The Balaban J connectivity index is 2.20. The summed E-state index contributed by atoms with van der Waals surface area (Å²) >= 11 is 0. The first-order chi connectivity index (χ1) is 7.58. The third kappa shape index (κ3) is 1.82. The van der Waals surface area contributed by atoms with Gasteiger partial charge in [-0.15, -0.1) is 0 Å². The van der Waals surface area contributed by atoms with Gasteiger partial charge < -0.3 is 15.0 Å². The van der Waals surface area contributed by atoms with Gasteiger partial charge in [0.05, 0.1) is 13.7 Å². The van der Waals surface area contributed by atoms with Gasteiger partial charge in [-0.05, 0) is 25.7 Å². The number of aromatic nitrogens is 2. The maximum absolute atomic E-state index is 11.8. The molecule has 2 rings (SSSR count). The molecule has 1 atom stereocenters. The highest BCUT2D eigenvalue weighted by Gasteiger charge is 2.49. The van der Waals surface area contributed by atoms with Gasteiger partial charge in [0.1, 0.15) is 11.4 Å². The molecule has 0 amide bonds. The van der Waals surface area contributed by atoms with E-state index in [2.05, 4.69) is 4.98 Å². The zero-order valence-electron chi connectivity index (χ0n) is 9.64. The van der Waals surface area contributed by atoms with Crippen LogP contribution < -0.4 is 5.73 Å². The van der Waals surface area contributed by atoms with Crippen molar-refractivity contribution < 1.29 is 9.53 Å². The van der Waals surface area contributed by atoms with Crippen LogP contribution in [-0.2, 0) is 16.1 Å². The van der Waals surface area contributed by atoms with Gasteiger partial charge in [-0.3, -0.25) is 0 Å². The Labute approximate surface area is 94.6 Å². The molecule has 88 valence electrons. The molecular weight excluding hydrogens is 206 g/mol. The Hall–Kier alpha value is -1.36. The van der Waals surface area contributed by atoms with Gasteiger partial charge in [-0.2, -0.15) is 0 Å². The number of ether oxygens (including phenoxy) is 1. The molecule has 1 aromatic rings. The summed E-state index contributed by atoms with van der Waals surface area (Å²) < 4.78 is 6.71. The molecule has 1 fully saturated rings. The zero-order valence-corrected chi connectivity index (χ0v) is 9.64. The summed E-state index contributed by atoms with van der Waals surface area (Å²) in [5.74, 6) is 0.768. The Kier molecular flexibility index (Phi) is 2.71. The summed E-state index contributed by atoms with van der Waals surface area (Å²) in [7, 11) is 1.38. The van der Waals surface area contributed by atoms with E-state index in [9.17, 15) is 4.79 Å². The third-order valence-corrected chi connectivity index (χ3v) is 3.23. The molecular formula is C11H17N3O2. The van der Waals surface area contributed by atoms with E-state index in [0.29, 0.717) is 6.54 Å². The van der Waals surface area contributed by atoms with Crippen LogP contribution in [-0.4, -0.2) is 28.2 Å². The average Bonchev–Trinajstić information content (AvgIpc) is 3.05. The second kappa shape index (κ2) is 3.90. The summed E-state index contributed by atoms with van der Waals surface area (Å²) in [5.41, 5.74) is 5.29. The van der Waals surface area contributed by atoms with Crippen LogP contribution in [0.25, 0.3) is 0 Å². The Morgan fingerprint density at radius 1 is 1.75 bits per heavy atom. The number of aryl methyl sites for hydroxylation is 1. The Bertz CT molecular complexity index is 398. The van der Waals surface area contributed by atoms with Crippen molar-refractivity contribution in [2.75, 3.05) is 7.11 Å². The number of carbonyl (C=O) groups is 1. The van der Waals surface area contributed by atoms with E-state index in [1.807, 2.05) is 17.7 Å². The van der Waals surface area contributed by atoms with Crippen LogP contribution in [0.3, 0.4) is 0 Å². The number of nitrogens with zero attached hydrogens (tertiary/aromatic N) is 2. The minimum absolute atomic E-state index is 0.238. The molecule has 0 radical (unpaired) electrons. The highest BCUT2D eigenvalue weighted by atomic mass is 16.5. The molecule has 5 nitrogen and oxygen atoms in total. The van der Waals surface area contributed by atoms with E-state index in [1.54, 1.807) is 6.20 Å². The van der Waals surface area contributed by atoms with Gasteiger partial charge in [-0.25, -0.2) is 9.78 Å². The molecule has 2 N–H and O–H groups in total. The summed E-state index contributed by atoms with van der Waals surface area (Å²) in [5, 5.41) is 0. The molecule has 0 saturated heterocycles. The molecule has 5 heteroatoms. The van der Waals surface area contributed by atoms with Crippen LogP contribution in [0.4, 0.5) is 0 Å². The predicted octanol–water partition coefficient (Wildman–Crippen LogP) is 0.472. The van der Waals surface area contributed by atoms with E-state index in [1.165, 1.54) is 7.11 Å². The van der Waals surface area contributed by atoms with E-state index in [4.69, 9.17) is 10.5 Å². The minimum atomic E-state index is -0.903. The molecule has 0 spiro atoms. The first-order valence-electron chi connectivity index (χ1n) is 5.43. The molecule has 1 aliphatic carbocycles. The first kappa shape index (κ1) is 11.1. The third-order valence-electron chi connectivity index (χ3n) is 3.23. The molecule has 1 aromatic heterocycles. The van der Waals surface area contributed by atoms with Crippen molar-refractivity contribution in [2.24, 2.45) is 11.7 Å². The first-order valence-corrected chi connectivity index (χ1v) is 5.43. The summed E-state index contributed by atoms with van der Waals surface area (Å²) in [4.78, 5) is 15.9. The molecule has 1 saturated carbocycles. The van der Waals surface area contributed by atoms with Crippen molar-refractivity contribution >= 4 is 5.97 Å². The van der Waals surface area contributed by atoms with Gasteiger partial charge in [0.15, 0.2) is 0 Å². The van der Waals surface area contributed by atoms with Crippen molar-refractivity contribution in [1.29, 1.82) is 0 Å². The Morgan fingerprint density at radius 2 is 2.44 bits per heavy atom. The van der Waals surface area contributed by atoms with E-state index < -0.39 is 5.54 Å². The monoisotopic (exact) mass is 223 g/mol.